The lowest BCUT2D eigenvalue weighted by molar-refractivity contribution is 0.0527. The average molecular weight is 360 g/mol. The number of benzene rings is 1. The van der Waals surface area contributed by atoms with Crippen LogP contribution in [-0.2, 0) is 4.74 Å². The summed E-state index contributed by atoms with van der Waals surface area (Å²) in [6.45, 7) is 3.92. The summed E-state index contributed by atoms with van der Waals surface area (Å²) in [5.74, 6) is -0.281. The summed E-state index contributed by atoms with van der Waals surface area (Å²) in [7, 11) is 0. The zero-order valence-corrected chi connectivity index (χ0v) is 14.6. The van der Waals surface area contributed by atoms with Crippen molar-refractivity contribution in [2.24, 2.45) is 0 Å². The highest BCUT2D eigenvalue weighted by molar-refractivity contribution is 6.05. The number of nitrogens with zero attached hydrogens (tertiary/aromatic N) is 2. The molecule has 25 heavy (non-hydrogen) atoms. The average Bonchev–Trinajstić information content (AvgIpc) is 2.57. The maximum absolute atomic E-state index is 12.3. The molecular formula is C18H18ClN3O3. The largest absolute Gasteiger partial charge is 0.508 e. The van der Waals surface area contributed by atoms with Crippen molar-refractivity contribution < 1.29 is 14.6 Å². The van der Waals surface area contributed by atoms with Gasteiger partial charge in [-0.3, -0.25) is 0 Å². The molecule has 0 saturated heterocycles. The number of hydrogen-bond acceptors (Lipinski definition) is 6. The van der Waals surface area contributed by atoms with Crippen LogP contribution in [-0.4, -0.2) is 27.7 Å². The molecule has 130 valence electrons. The Kier molecular flexibility index (Phi) is 5.77. The van der Waals surface area contributed by atoms with Gasteiger partial charge in [-0.25, -0.2) is 14.8 Å². The number of phenols is 1. The van der Waals surface area contributed by atoms with E-state index in [0.717, 1.165) is 16.8 Å². The number of fused-ring (bicyclic) bond motifs is 1. The first kappa shape index (κ1) is 18.5. The van der Waals surface area contributed by atoms with Crippen LogP contribution >= 0.6 is 12.4 Å². The Morgan fingerprint density at radius 1 is 1.20 bits per heavy atom. The van der Waals surface area contributed by atoms with Crippen LogP contribution < -0.4 is 5.32 Å². The second-order valence-electron chi connectivity index (χ2n) is 5.26. The van der Waals surface area contributed by atoms with E-state index in [1.165, 1.54) is 6.20 Å². The number of aromatic nitrogens is 2. The monoisotopic (exact) mass is 359 g/mol. The van der Waals surface area contributed by atoms with E-state index < -0.39 is 5.97 Å². The van der Waals surface area contributed by atoms with Crippen LogP contribution in [0.1, 0.15) is 23.0 Å². The SMILES string of the molecule is CCOC(=O)c1cnc2nc(C)ccc2c1Nc1ccc(O)cc1.Cl. The molecule has 0 aliphatic rings. The molecule has 7 heteroatoms. The molecule has 2 heterocycles. The number of pyridine rings is 2. The van der Waals surface area contributed by atoms with Crippen molar-refractivity contribution in [1.29, 1.82) is 0 Å². The molecule has 0 radical (unpaired) electrons. The molecule has 6 nitrogen and oxygen atoms in total. The molecule has 2 N–H and O–H groups in total. The number of nitrogens with one attached hydrogen (secondary N) is 1. The minimum Gasteiger partial charge on any atom is -0.508 e. The van der Waals surface area contributed by atoms with Crippen molar-refractivity contribution in [3.05, 3.63) is 53.9 Å². The molecule has 0 aliphatic carbocycles. The predicted molar refractivity (Wildman–Crippen MR) is 98.9 cm³/mol. The Morgan fingerprint density at radius 2 is 1.92 bits per heavy atom. The number of carbonyl (C=O) groups excluding carboxylic acids is 1. The van der Waals surface area contributed by atoms with E-state index in [1.807, 2.05) is 19.1 Å². The van der Waals surface area contributed by atoms with Crippen LogP contribution in [0.2, 0.25) is 0 Å². The molecule has 0 fully saturated rings. The number of aromatic hydroxyl groups is 1. The molecule has 0 unspecified atom stereocenters. The van der Waals surface area contributed by atoms with Crippen molar-refractivity contribution in [2.75, 3.05) is 11.9 Å². The molecule has 0 spiro atoms. The van der Waals surface area contributed by atoms with Gasteiger partial charge in [-0.1, -0.05) is 0 Å². The summed E-state index contributed by atoms with van der Waals surface area (Å²) in [5, 5.41) is 13.3. The maximum atomic E-state index is 12.3. The first-order valence-electron chi connectivity index (χ1n) is 7.58. The van der Waals surface area contributed by atoms with Gasteiger partial charge in [0.05, 0.1) is 12.3 Å². The van der Waals surface area contributed by atoms with Crippen LogP contribution in [0.4, 0.5) is 11.4 Å². The van der Waals surface area contributed by atoms with Crippen LogP contribution in [0.25, 0.3) is 11.0 Å². The molecule has 3 aromatic rings. The highest BCUT2D eigenvalue weighted by atomic mass is 35.5. The van der Waals surface area contributed by atoms with Gasteiger partial charge in [-0.2, -0.15) is 0 Å². The van der Waals surface area contributed by atoms with Crippen LogP contribution in [0.5, 0.6) is 5.75 Å². The zero-order valence-electron chi connectivity index (χ0n) is 13.8. The Balaban J connectivity index is 0.00000225. The number of esters is 1. The van der Waals surface area contributed by atoms with Gasteiger partial charge in [0.1, 0.15) is 11.3 Å². The normalized spacial score (nSPS) is 10.2. The van der Waals surface area contributed by atoms with Gasteiger partial charge >= 0.3 is 5.97 Å². The number of rotatable bonds is 4. The fraction of sp³-hybridized carbons (Fsp3) is 0.167. The summed E-state index contributed by atoms with van der Waals surface area (Å²) < 4.78 is 5.12. The van der Waals surface area contributed by atoms with E-state index >= 15 is 0 Å². The molecular weight excluding hydrogens is 342 g/mol. The molecule has 0 saturated carbocycles. The standard InChI is InChI=1S/C18H17N3O3.ClH/c1-3-24-18(23)15-10-19-17-14(9-4-11(2)20-17)16(15)21-12-5-7-13(22)8-6-12;/h4-10,22H,3H2,1-2H3,(H,19,20,21);1H. The fourth-order valence-electron chi connectivity index (χ4n) is 2.36. The molecule has 3 rings (SSSR count). The van der Waals surface area contributed by atoms with E-state index in [9.17, 15) is 9.90 Å². The molecule has 0 aliphatic heterocycles. The predicted octanol–water partition coefficient (Wildman–Crippen LogP) is 3.99. The van der Waals surface area contributed by atoms with Crippen molar-refractivity contribution in [3.8, 4) is 5.75 Å². The summed E-state index contributed by atoms with van der Waals surface area (Å²) in [4.78, 5) is 20.9. The third-order valence-electron chi connectivity index (χ3n) is 3.50. The lowest BCUT2D eigenvalue weighted by Gasteiger charge is -2.14. The maximum Gasteiger partial charge on any atom is 0.341 e. The van der Waals surface area contributed by atoms with Crippen molar-refractivity contribution >= 4 is 40.8 Å². The fourth-order valence-corrected chi connectivity index (χ4v) is 2.36. The topological polar surface area (TPSA) is 84.3 Å². The lowest BCUT2D eigenvalue weighted by Crippen LogP contribution is -2.09. The highest BCUT2D eigenvalue weighted by Gasteiger charge is 2.17. The summed E-state index contributed by atoms with van der Waals surface area (Å²) in [5.41, 5.74) is 3.03. The number of phenolic OH excluding ortho intramolecular Hbond substituents is 1. The van der Waals surface area contributed by atoms with E-state index in [4.69, 9.17) is 4.74 Å². The van der Waals surface area contributed by atoms with E-state index in [-0.39, 0.29) is 24.8 Å². The van der Waals surface area contributed by atoms with Crippen LogP contribution in [0, 0.1) is 6.92 Å². The third kappa shape index (κ3) is 3.97. The lowest BCUT2D eigenvalue weighted by atomic mass is 10.1. The van der Waals surface area contributed by atoms with E-state index in [2.05, 4.69) is 15.3 Å². The summed E-state index contributed by atoms with van der Waals surface area (Å²) in [6.07, 6.45) is 1.47. The molecule has 1 aromatic carbocycles. The number of hydrogen-bond donors (Lipinski definition) is 2. The Bertz CT molecular complexity index is 898. The first-order chi connectivity index (χ1) is 11.6. The second-order valence-corrected chi connectivity index (χ2v) is 5.26. The molecule has 2 aromatic heterocycles. The first-order valence-corrected chi connectivity index (χ1v) is 7.58. The number of ether oxygens (including phenoxy) is 1. The van der Waals surface area contributed by atoms with Gasteiger partial charge in [0.25, 0.3) is 0 Å². The van der Waals surface area contributed by atoms with Gasteiger partial charge in [0, 0.05) is 23.0 Å². The second kappa shape index (κ2) is 7.81. The van der Waals surface area contributed by atoms with Crippen molar-refractivity contribution in [1.82, 2.24) is 9.97 Å². The third-order valence-corrected chi connectivity index (χ3v) is 3.50. The van der Waals surface area contributed by atoms with Gasteiger partial charge in [0.2, 0.25) is 0 Å². The molecule has 0 bridgehead atoms. The number of aryl methyl sites for hydroxylation is 1. The highest BCUT2D eigenvalue weighted by Crippen LogP contribution is 2.29. The van der Waals surface area contributed by atoms with E-state index in [0.29, 0.717) is 16.9 Å². The van der Waals surface area contributed by atoms with Crippen LogP contribution in [0.15, 0.2) is 42.6 Å². The Morgan fingerprint density at radius 3 is 2.60 bits per heavy atom. The summed E-state index contributed by atoms with van der Waals surface area (Å²) >= 11 is 0. The smallest absolute Gasteiger partial charge is 0.341 e. The Hall–Kier alpha value is -2.86. The van der Waals surface area contributed by atoms with E-state index in [1.54, 1.807) is 31.2 Å². The number of carbonyl (C=O) groups is 1. The number of halogens is 1. The quantitative estimate of drug-likeness (QED) is 0.541. The van der Waals surface area contributed by atoms with Gasteiger partial charge < -0.3 is 15.2 Å². The van der Waals surface area contributed by atoms with Gasteiger partial charge in [-0.05, 0) is 50.2 Å². The van der Waals surface area contributed by atoms with Crippen molar-refractivity contribution in [3.63, 3.8) is 0 Å². The van der Waals surface area contributed by atoms with Crippen LogP contribution in [0.3, 0.4) is 0 Å². The molecule has 0 atom stereocenters. The Labute approximate surface area is 151 Å². The van der Waals surface area contributed by atoms with Gasteiger partial charge in [-0.15, -0.1) is 12.4 Å². The van der Waals surface area contributed by atoms with Gasteiger partial charge in [0.15, 0.2) is 5.65 Å². The van der Waals surface area contributed by atoms with Crippen molar-refractivity contribution in [2.45, 2.75) is 13.8 Å². The zero-order chi connectivity index (χ0) is 17.1. The minimum atomic E-state index is -0.450. The number of anilines is 2. The summed E-state index contributed by atoms with van der Waals surface area (Å²) in [6, 6.07) is 10.3. The molecule has 0 amide bonds. The minimum absolute atomic E-state index is 0.